The monoisotopic (exact) mass is 529 g/mol. The van der Waals surface area contributed by atoms with Gasteiger partial charge in [-0.25, -0.2) is 0 Å². The zero-order chi connectivity index (χ0) is 28.5. The number of aryl methyl sites for hydroxylation is 9. The van der Waals surface area contributed by atoms with E-state index in [-0.39, 0.29) is 6.04 Å². The first-order valence-electron chi connectivity index (χ1n) is 13.7. The van der Waals surface area contributed by atoms with Crippen molar-refractivity contribution in [2.24, 2.45) is 25.9 Å². The molecule has 1 aliphatic carbocycles. The Bertz CT molecular complexity index is 1700. The average Bonchev–Trinajstić information content (AvgIpc) is 2.85. The van der Waals surface area contributed by atoms with Crippen molar-refractivity contribution in [2.45, 2.75) is 68.4 Å². The number of hydrazine groups is 1. The molecule has 0 bridgehead atoms. The predicted octanol–water partition coefficient (Wildman–Crippen LogP) is 8.09. The van der Waals surface area contributed by atoms with E-state index in [0.29, 0.717) is 0 Å². The van der Waals surface area contributed by atoms with Crippen molar-refractivity contribution in [3.63, 3.8) is 0 Å². The van der Waals surface area contributed by atoms with Gasteiger partial charge in [0.15, 0.2) is 6.04 Å². The molecule has 0 amide bonds. The molecule has 0 radical (unpaired) electrons. The largest absolute Gasteiger partial charge is 0.181 e. The standard InChI is InChI=1S/C33H35N7/c1-16-10-19(4)25(20(5)11-16)28-29(26-21(6)12-17(2)13-22(26)7)31-33-32(35-37-39-40(33)38-36-34-31)30(28)27-23(8)14-18(3)15-24(27)9/h10-15,33H,1-9H3,(H,34,38). The van der Waals surface area contributed by atoms with E-state index in [4.69, 9.17) is 10.2 Å². The number of allylic oxidation sites excluding steroid dienone is 2. The van der Waals surface area contributed by atoms with Crippen molar-refractivity contribution in [3.05, 3.63) is 109 Å². The Morgan fingerprint density at radius 2 is 1.00 bits per heavy atom. The molecule has 3 aromatic carbocycles. The fraction of sp³-hybridized carbons (Fsp3) is 0.303. The van der Waals surface area contributed by atoms with E-state index in [9.17, 15) is 0 Å². The third-order valence-corrected chi connectivity index (χ3v) is 8.15. The molecule has 2 aliphatic heterocycles. The summed E-state index contributed by atoms with van der Waals surface area (Å²) < 4.78 is 0. The van der Waals surface area contributed by atoms with Gasteiger partial charge in [-0.05, 0) is 123 Å². The van der Waals surface area contributed by atoms with E-state index in [0.717, 1.165) is 28.1 Å². The van der Waals surface area contributed by atoms with Gasteiger partial charge in [-0.2, -0.15) is 10.7 Å². The zero-order valence-electron chi connectivity index (χ0n) is 24.7. The van der Waals surface area contributed by atoms with Gasteiger partial charge < -0.3 is 0 Å². The van der Waals surface area contributed by atoms with E-state index in [1.165, 1.54) is 66.8 Å². The van der Waals surface area contributed by atoms with Gasteiger partial charge in [0, 0.05) is 16.7 Å². The topological polar surface area (TPSA) is 77.1 Å². The van der Waals surface area contributed by atoms with Crippen molar-refractivity contribution in [3.8, 4) is 0 Å². The third kappa shape index (κ3) is 3.91. The van der Waals surface area contributed by atoms with Gasteiger partial charge in [0.1, 0.15) is 11.4 Å². The number of rotatable bonds is 3. The fourth-order valence-corrected chi connectivity index (χ4v) is 7.07. The first-order chi connectivity index (χ1) is 19.1. The average molecular weight is 530 g/mol. The number of nitrogens with one attached hydrogen (secondary N) is 1. The molecular formula is C33H35N7. The van der Waals surface area contributed by atoms with Crippen LogP contribution in [0.15, 0.2) is 68.0 Å². The summed E-state index contributed by atoms with van der Waals surface area (Å²) >= 11 is 0. The molecule has 7 heteroatoms. The Balaban J connectivity index is 1.88. The minimum Gasteiger partial charge on any atom is -0.181 e. The molecule has 40 heavy (non-hydrogen) atoms. The Kier molecular flexibility index (Phi) is 6.06. The fourth-order valence-electron chi connectivity index (χ4n) is 7.07. The van der Waals surface area contributed by atoms with Crippen LogP contribution in [0.5, 0.6) is 0 Å². The van der Waals surface area contributed by atoms with Crippen LogP contribution in [0.1, 0.15) is 66.8 Å². The number of hydrogen-bond donors (Lipinski definition) is 1. The lowest BCUT2D eigenvalue weighted by Gasteiger charge is -2.39. The molecule has 3 aliphatic rings. The van der Waals surface area contributed by atoms with E-state index >= 15 is 0 Å². The molecule has 0 saturated carbocycles. The molecule has 1 N–H and O–H groups in total. The summed E-state index contributed by atoms with van der Waals surface area (Å²) in [5, 5.41) is 23.9. The minimum atomic E-state index is -0.366. The van der Waals surface area contributed by atoms with Gasteiger partial charge >= 0.3 is 0 Å². The second-order valence-corrected chi connectivity index (χ2v) is 11.5. The number of hydrogen-bond acceptors (Lipinski definition) is 7. The first-order valence-corrected chi connectivity index (χ1v) is 13.7. The maximum atomic E-state index is 4.77. The van der Waals surface area contributed by atoms with Crippen LogP contribution in [-0.2, 0) is 0 Å². The van der Waals surface area contributed by atoms with Crippen molar-refractivity contribution in [1.82, 2.24) is 10.7 Å². The quantitative estimate of drug-likeness (QED) is 0.372. The summed E-state index contributed by atoms with van der Waals surface area (Å²) in [6.07, 6.45) is 0. The van der Waals surface area contributed by atoms with E-state index in [1.54, 1.807) is 5.12 Å². The van der Waals surface area contributed by atoms with E-state index in [2.05, 4.69) is 120 Å². The van der Waals surface area contributed by atoms with E-state index < -0.39 is 0 Å². The second-order valence-electron chi connectivity index (χ2n) is 11.5. The molecular weight excluding hydrogens is 494 g/mol. The lowest BCUT2D eigenvalue weighted by molar-refractivity contribution is 0.142. The van der Waals surface area contributed by atoms with Crippen molar-refractivity contribution >= 4 is 22.4 Å². The lowest BCUT2D eigenvalue weighted by Crippen LogP contribution is -2.50. The Hall–Kier alpha value is -4.39. The maximum Gasteiger partial charge on any atom is 0.162 e. The van der Waals surface area contributed by atoms with Crippen LogP contribution in [0.25, 0.3) is 16.7 Å². The minimum absolute atomic E-state index is 0.366. The highest BCUT2D eigenvalue weighted by molar-refractivity contribution is 6.42. The summed E-state index contributed by atoms with van der Waals surface area (Å²) in [6, 6.07) is 13.2. The number of nitrogens with zero attached hydrogens (tertiary/aromatic N) is 6. The van der Waals surface area contributed by atoms with Crippen LogP contribution >= 0.6 is 0 Å². The van der Waals surface area contributed by atoms with Gasteiger partial charge in [0.05, 0.1) is 0 Å². The molecule has 0 aromatic heterocycles. The van der Waals surface area contributed by atoms with Crippen LogP contribution in [0.2, 0.25) is 0 Å². The van der Waals surface area contributed by atoms with Crippen molar-refractivity contribution in [1.29, 1.82) is 0 Å². The summed E-state index contributed by atoms with van der Waals surface area (Å²) in [7, 11) is 0. The Morgan fingerprint density at radius 1 is 0.575 bits per heavy atom. The van der Waals surface area contributed by atoms with E-state index in [1.807, 2.05) is 0 Å². The first kappa shape index (κ1) is 25.9. The molecule has 0 fully saturated rings. The van der Waals surface area contributed by atoms with Gasteiger partial charge in [-0.1, -0.05) is 58.3 Å². The molecule has 1 unspecified atom stereocenters. The van der Waals surface area contributed by atoms with Gasteiger partial charge in [-0.15, -0.1) is 10.2 Å². The Morgan fingerprint density at radius 3 is 1.48 bits per heavy atom. The molecule has 7 nitrogen and oxygen atoms in total. The van der Waals surface area contributed by atoms with Crippen LogP contribution in [0.4, 0.5) is 0 Å². The zero-order valence-corrected chi connectivity index (χ0v) is 24.7. The van der Waals surface area contributed by atoms with Crippen molar-refractivity contribution < 1.29 is 0 Å². The predicted molar refractivity (Wildman–Crippen MR) is 162 cm³/mol. The summed E-state index contributed by atoms with van der Waals surface area (Å²) in [5.74, 6) is 0. The SMILES string of the molecule is Cc1cc(C)c(C2=C(c3c(C)cc(C)cc3C)C(c3c(C)cc(C)cc3C)=C3N=NNN4N=NN=C2C34)c(C)c1. The van der Waals surface area contributed by atoms with Gasteiger partial charge in [0.25, 0.3) is 0 Å². The molecule has 2 heterocycles. The summed E-state index contributed by atoms with van der Waals surface area (Å²) in [5.41, 5.74) is 22.4. The highest BCUT2D eigenvalue weighted by Gasteiger charge is 2.45. The Labute approximate surface area is 236 Å². The molecule has 0 spiro atoms. The number of benzene rings is 3. The summed E-state index contributed by atoms with van der Waals surface area (Å²) in [4.78, 5) is 0. The highest BCUT2D eigenvalue weighted by Crippen LogP contribution is 2.51. The molecule has 0 saturated heterocycles. The maximum absolute atomic E-state index is 4.77. The van der Waals surface area contributed by atoms with Crippen LogP contribution in [-0.4, -0.2) is 16.9 Å². The molecule has 202 valence electrons. The highest BCUT2D eigenvalue weighted by atomic mass is 15.9. The normalized spacial score (nSPS) is 17.8. The lowest BCUT2D eigenvalue weighted by atomic mass is 9.71. The second kappa shape index (κ2) is 9.37. The van der Waals surface area contributed by atoms with Crippen molar-refractivity contribution in [2.75, 3.05) is 0 Å². The molecule has 6 rings (SSSR count). The van der Waals surface area contributed by atoms with Gasteiger partial charge in [0.2, 0.25) is 0 Å². The summed E-state index contributed by atoms with van der Waals surface area (Å²) in [6.45, 7) is 19.6. The molecule has 1 atom stereocenters. The van der Waals surface area contributed by atoms with Crippen LogP contribution in [0.3, 0.4) is 0 Å². The van der Waals surface area contributed by atoms with Crippen LogP contribution < -0.4 is 5.53 Å². The van der Waals surface area contributed by atoms with Gasteiger partial charge in [-0.3, -0.25) is 0 Å². The third-order valence-electron chi connectivity index (χ3n) is 8.15. The smallest absolute Gasteiger partial charge is 0.162 e. The van der Waals surface area contributed by atoms with Crippen LogP contribution in [0, 0.1) is 62.3 Å². The molecule has 3 aromatic rings.